The summed E-state index contributed by atoms with van der Waals surface area (Å²) in [6, 6.07) is 8.17. The van der Waals surface area contributed by atoms with Crippen molar-refractivity contribution < 1.29 is 5.11 Å². The predicted molar refractivity (Wildman–Crippen MR) is 84.5 cm³/mol. The Morgan fingerprint density at radius 1 is 1.33 bits per heavy atom. The van der Waals surface area contributed by atoms with Gasteiger partial charge in [-0.15, -0.1) is 0 Å². The maximum atomic E-state index is 11.5. The van der Waals surface area contributed by atoms with Crippen LogP contribution in [0.3, 0.4) is 0 Å². The summed E-state index contributed by atoms with van der Waals surface area (Å²) in [5.41, 5.74) is 1.93. The Morgan fingerprint density at radius 3 is 2.95 bits per heavy atom. The highest BCUT2D eigenvalue weighted by atomic mass is 35.5. The summed E-state index contributed by atoms with van der Waals surface area (Å²) in [7, 11) is 0. The molecule has 1 aromatic carbocycles. The molecule has 2 aromatic rings. The maximum absolute atomic E-state index is 11.5. The van der Waals surface area contributed by atoms with Gasteiger partial charge in [-0.25, -0.2) is 0 Å². The summed E-state index contributed by atoms with van der Waals surface area (Å²) < 4.78 is 1.87. The fourth-order valence-electron chi connectivity index (χ4n) is 3.37. The minimum absolute atomic E-state index is 0.558. The Kier molecular flexibility index (Phi) is 4.05. The molecule has 0 spiro atoms. The zero-order valence-corrected chi connectivity index (χ0v) is 13.1. The van der Waals surface area contributed by atoms with Crippen LogP contribution in [0.1, 0.15) is 49.4 Å². The first kappa shape index (κ1) is 14.6. The van der Waals surface area contributed by atoms with E-state index in [2.05, 4.69) is 18.1 Å². The van der Waals surface area contributed by atoms with E-state index in [0.29, 0.717) is 11.4 Å². The normalized spacial score (nSPS) is 21.9. The molecule has 1 N–H and O–H groups in total. The minimum Gasteiger partial charge on any atom is -0.379 e. The Bertz CT molecular complexity index is 637. The van der Waals surface area contributed by atoms with Gasteiger partial charge >= 0.3 is 0 Å². The van der Waals surface area contributed by atoms with Crippen LogP contribution in [0.15, 0.2) is 30.5 Å². The van der Waals surface area contributed by atoms with Crippen LogP contribution in [0.4, 0.5) is 0 Å². The maximum Gasteiger partial charge on any atom is 0.133 e. The molecule has 0 bridgehead atoms. The number of benzene rings is 1. The number of aliphatic hydroxyl groups is 1. The summed E-state index contributed by atoms with van der Waals surface area (Å²) in [5, 5.41) is 16.4. The van der Waals surface area contributed by atoms with Crippen molar-refractivity contribution in [1.29, 1.82) is 0 Å². The molecule has 3 rings (SSSR count). The highest BCUT2D eigenvalue weighted by Crippen LogP contribution is 2.42. The van der Waals surface area contributed by atoms with E-state index < -0.39 is 5.60 Å². The zero-order chi connectivity index (χ0) is 14.9. The van der Waals surface area contributed by atoms with Crippen molar-refractivity contribution in [1.82, 2.24) is 9.78 Å². The number of aromatic nitrogens is 2. The van der Waals surface area contributed by atoms with Gasteiger partial charge in [-0.1, -0.05) is 42.8 Å². The van der Waals surface area contributed by atoms with Crippen molar-refractivity contribution >= 4 is 11.6 Å². The van der Waals surface area contributed by atoms with E-state index in [1.165, 1.54) is 5.56 Å². The fourth-order valence-corrected chi connectivity index (χ4v) is 3.67. The van der Waals surface area contributed by atoms with Crippen LogP contribution in [0, 0.1) is 0 Å². The smallest absolute Gasteiger partial charge is 0.133 e. The average molecular weight is 305 g/mol. The van der Waals surface area contributed by atoms with E-state index in [4.69, 9.17) is 11.6 Å². The highest BCUT2D eigenvalue weighted by molar-refractivity contribution is 6.31. The minimum atomic E-state index is -1.03. The van der Waals surface area contributed by atoms with Crippen LogP contribution in [-0.4, -0.2) is 14.9 Å². The Labute approximate surface area is 130 Å². The zero-order valence-electron chi connectivity index (χ0n) is 12.3. The molecule has 112 valence electrons. The van der Waals surface area contributed by atoms with E-state index in [9.17, 15) is 5.11 Å². The molecule has 0 amide bonds. The number of hydrogen-bond donors (Lipinski definition) is 1. The molecule has 0 aliphatic heterocycles. The van der Waals surface area contributed by atoms with Crippen molar-refractivity contribution in [3.8, 4) is 0 Å². The summed E-state index contributed by atoms with van der Waals surface area (Å²) in [4.78, 5) is 0. The molecular weight excluding hydrogens is 284 g/mol. The van der Waals surface area contributed by atoms with E-state index >= 15 is 0 Å². The number of rotatable bonds is 3. The van der Waals surface area contributed by atoms with Gasteiger partial charge in [-0.3, -0.25) is 4.68 Å². The molecule has 21 heavy (non-hydrogen) atoms. The van der Waals surface area contributed by atoms with Crippen molar-refractivity contribution in [3.63, 3.8) is 0 Å². The summed E-state index contributed by atoms with van der Waals surface area (Å²) in [6.45, 7) is 2.87. The lowest BCUT2D eigenvalue weighted by atomic mass is 9.85. The van der Waals surface area contributed by atoms with Crippen molar-refractivity contribution in [2.24, 2.45) is 0 Å². The second-order valence-electron chi connectivity index (χ2n) is 5.79. The molecule has 0 fully saturated rings. The highest BCUT2D eigenvalue weighted by Gasteiger charge is 2.39. The second kappa shape index (κ2) is 5.82. The van der Waals surface area contributed by atoms with E-state index in [1.807, 2.05) is 22.9 Å². The lowest BCUT2D eigenvalue weighted by Gasteiger charge is -2.30. The molecule has 1 aliphatic carbocycles. The Morgan fingerprint density at radius 2 is 2.14 bits per heavy atom. The summed E-state index contributed by atoms with van der Waals surface area (Å²) in [5.74, 6) is 0. The molecule has 1 aliphatic rings. The lowest BCUT2D eigenvalue weighted by molar-refractivity contribution is 0.0606. The van der Waals surface area contributed by atoms with Crippen molar-refractivity contribution in [2.45, 2.75) is 51.2 Å². The Balaban J connectivity index is 2.18. The van der Waals surface area contributed by atoms with Crippen LogP contribution < -0.4 is 0 Å². The average Bonchev–Trinajstić information content (AvgIpc) is 2.76. The molecule has 1 aromatic heterocycles. The molecule has 3 nitrogen and oxygen atoms in total. The molecule has 0 saturated heterocycles. The van der Waals surface area contributed by atoms with Crippen LogP contribution in [-0.2, 0) is 18.6 Å². The topological polar surface area (TPSA) is 38.0 Å². The van der Waals surface area contributed by atoms with Gasteiger partial charge in [-0.05, 0) is 43.2 Å². The van der Waals surface area contributed by atoms with Gasteiger partial charge in [0.2, 0.25) is 0 Å². The first-order valence-electron chi connectivity index (χ1n) is 7.69. The van der Waals surface area contributed by atoms with Gasteiger partial charge in [0.05, 0.1) is 16.9 Å². The van der Waals surface area contributed by atoms with Gasteiger partial charge in [0.1, 0.15) is 5.60 Å². The quantitative estimate of drug-likeness (QED) is 0.873. The largest absolute Gasteiger partial charge is 0.379 e. The van der Waals surface area contributed by atoms with Crippen LogP contribution >= 0.6 is 11.6 Å². The molecule has 0 radical (unpaired) electrons. The fraction of sp³-hybridized carbons (Fsp3) is 0.471. The first-order valence-corrected chi connectivity index (χ1v) is 8.07. The monoisotopic (exact) mass is 304 g/mol. The number of hydrogen-bond acceptors (Lipinski definition) is 2. The summed E-state index contributed by atoms with van der Waals surface area (Å²) >= 11 is 6.38. The molecule has 1 heterocycles. The third-order valence-electron chi connectivity index (χ3n) is 4.32. The third kappa shape index (κ3) is 2.49. The third-order valence-corrected chi connectivity index (χ3v) is 4.60. The van der Waals surface area contributed by atoms with E-state index in [-0.39, 0.29) is 0 Å². The van der Waals surface area contributed by atoms with E-state index in [1.54, 1.807) is 6.20 Å². The van der Waals surface area contributed by atoms with Crippen LogP contribution in [0.2, 0.25) is 5.02 Å². The van der Waals surface area contributed by atoms with Gasteiger partial charge in [0.15, 0.2) is 0 Å². The molecular formula is C17H21ClN2O. The van der Waals surface area contributed by atoms with Gasteiger partial charge < -0.3 is 5.11 Å². The van der Waals surface area contributed by atoms with Crippen LogP contribution in [0.5, 0.6) is 0 Å². The molecule has 4 heteroatoms. The first-order chi connectivity index (χ1) is 10.2. The van der Waals surface area contributed by atoms with Gasteiger partial charge in [0, 0.05) is 6.54 Å². The number of halogens is 1. The van der Waals surface area contributed by atoms with Crippen LogP contribution in [0.25, 0.3) is 0 Å². The standard InChI is InChI=1S/C17H21ClN2O/c1-2-11-20-16(15(18)12-19-20)17(21)10-6-5-8-13-7-3-4-9-14(13)17/h3-4,7,9,12,21H,2,5-6,8,10-11H2,1H3. The SMILES string of the molecule is CCCn1ncc(Cl)c1C1(O)CCCCc2ccccc21. The molecule has 0 saturated carbocycles. The number of fused-ring (bicyclic) bond motifs is 1. The molecule has 1 atom stereocenters. The van der Waals surface area contributed by atoms with Crippen molar-refractivity contribution in [3.05, 3.63) is 52.3 Å². The van der Waals surface area contributed by atoms with E-state index in [0.717, 1.165) is 43.5 Å². The second-order valence-corrected chi connectivity index (χ2v) is 6.20. The number of aryl methyl sites for hydroxylation is 2. The summed E-state index contributed by atoms with van der Waals surface area (Å²) in [6.07, 6.45) is 6.40. The predicted octanol–water partition coefficient (Wildman–Crippen LogP) is 3.91. The van der Waals surface area contributed by atoms with Crippen molar-refractivity contribution in [2.75, 3.05) is 0 Å². The van der Waals surface area contributed by atoms with Gasteiger partial charge in [-0.2, -0.15) is 5.10 Å². The molecule has 1 unspecified atom stereocenters. The lowest BCUT2D eigenvalue weighted by Crippen LogP contribution is -2.31. The van der Waals surface area contributed by atoms with Gasteiger partial charge in [0.25, 0.3) is 0 Å². The number of nitrogens with zero attached hydrogens (tertiary/aromatic N) is 2. The Hall–Kier alpha value is -1.32.